The monoisotopic (exact) mass is 312 g/mol. The SMILES string of the molecule is C[C@@H]1COCCN1c1nc(Cl)nc(OCC(F)(F)F)n1. The molecule has 1 atom stereocenters. The van der Waals surface area contributed by atoms with E-state index in [1.807, 2.05) is 6.92 Å². The average Bonchev–Trinajstić information content (AvgIpc) is 2.35. The number of halogens is 4. The van der Waals surface area contributed by atoms with Crippen LogP contribution in [0.1, 0.15) is 6.92 Å². The number of ether oxygens (including phenoxy) is 2. The Morgan fingerprint density at radius 1 is 1.40 bits per heavy atom. The summed E-state index contributed by atoms with van der Waals surface area (Å²) in [6.07, 6.45) is -4.47. The molecule has 0 radical (unpaired) electrons. The molecule has 0 amide bonds. The quantitative estimate of drug-likeness (QED) is 0.846. The summed E-state index contributed by atoms with van der Waals surface area (Å²) >= 11 is 5.69. The Balaban J connectivity index is 2.15. The summed E-state index contributed by atoms with van der Waals surface area (Å²) in [6, 6.07) is -0.464. The Morgan fingerprint density at radius 2 is 2.15 bits per heavy atom. The van der Waals surface area contributed by atoms with Gasteiger partial charge in [-0.25, -0.2) is 0 Å². The molecule has 20 heavy (non-hydrogen) atoms. The second kappa shape index (κ2) is 5.96. The van der Waals surface area contributed by atoms with Gasteiger partial charge in [0, 0.05) is 6.54 Å². The summed E-state index contributed by atoms with van der Waals surface area (Å²) < 4.78 is 46.1. The van der Waals surface area contributed by atoms with E-state index >= 15 is 0 Å². The lowest BCUT2D eigenvalue weighted by Gasteiger charge is -2.33. The lowest BCUT2D eigenvalue weighted by Crippen LogP contribution is -2.44. The zero-order valence-electron chi connectivity index (χ0n) is 10.5. The molecule has 2 heterocycles. The van der Waals surface area contributed by atoms with Crippen molar-refractivity contribution in [1.82, 2.24) is 15.0 Å². The van der Waals surface area contributed by atoms with Crippen LogP contribution in [0.5, 0.6) is 6.01 Å². The van der Waals surface area contributed by atoms with Gasteiger partial charge in [0.05, 0.1) is 19.3 Å². The molecule has 1 aliphatic heterocycles. The maximum Gasteiger partial charge on any atom is 0.422 e. The van der Waals surface area contributed by atoms with Gasteiger partial charge in [-0.3, -0.25) is 0 Å². The first-order valence-corrected chi connectivity index (χ1v) is 6.18. The Kier molecular flexibility index (Phi) is 4.48. The molecule has 0 saturated carbocycles. The number of anilines is 1. The second-order valence-electron chi connectivity index (χ2n) is 4.21. The molecule has 0 bridgehead atoms. The van der Waals surface area contributed by atoms with Crippen LogP contribution in [0.25, 0.3) is 0 Å². The largest absolute Gasteiger partial charge is 0.454 e. The minimum absolute atomic E-state index is 0.0160. The van der Waals surface area contributed by atoms with Gasteiger partial charge in [0.1, 0.15) is 0 Å². The maximum absolute atomic E-state index is 12.1. The van der Waals surface area contributed by atoms with Gasteiger partial charge in [-0.05, 0) is 18.5 Å². The van der Waals surface area contributed by atoms with E-state index in [-0.39, 0.29) is 17.3 Å². The second-order valence-corrected chi connectivity index (χ2v) is 4.55. The molecule has 0 unspecified atom stereocenters. The van der Waals surface area contributed by atoms with Crippen LogP contribution in [-0.4, -0.2) is 53.5 Å². The Labute approximate surface area is 117 Å². The Morgan fingerprint density at radius 3 is 2.80 bits per heavy atom. The predicted molar refractivity (Wildman–Crippen MR) is 64.0 cm³/mol. The molecule has 2 rings (SSSR count). The minimum atomic E-state index is -4.47. The number of alkyl halides is 3. The summed E-state index contributed by atoms with van der Waals surface area (Å²) in [6.45, 7) is 1.87. The van der Waals surface area contributed by atoms with E-state index in [1.165, 1.54) is 0 Å². The Hall–Kier alpha value is -1.35. The molecular formula is C10H12ClF3N4O2. The molecule has 0 spiro atoms. The maximum atomic E-state index is 12.1. The van der Waals surface area contributed by atoms with Crippen molar-refractivity contribution in [2.24, 2.45) is 0 Å². The van der Waals surface area contributed by atoms with Crippen LogP contribution >= 0.6 is 11.6 Å². The van der Waals surface area contributed by atoms with Gasteiger partial charge in [0.25, 0.3) is 0 Å². The molecule has 1 aromatic rings. The third kappa shape index (κ3) is 4.07. The van der Waals surface area contributed by atoms with E-state index in [9.17, 15) is 13.2 Å². The molecular weight excluding hydrogens is 301 g/mol. The first-order chi connectivity index (χ1) is 9.35. The molecule has 0 aliphatic carbocycles. The topological polar surface area (TPSA) is 60.4 Å². The van der Waals surface area contributed by atoms with Crippen LogP contribution in [-0.2, 0) is 4.74 Å². The van der Waals surface area contributed by atoms with Gasteiger partial charge < -0.3 is 14.4 Å². The van der Waals surface area contributed by atoms with Crippen molar-refractivity contribution < 1.29 is 22.6 Å². The van der Waals surface area contributed by atoms with E-state index in [4.69, 9.17) is 16.3 Å². The van der Waals surface area contributed by atoms with Crippen molar-refractivity contribution in [3.8, 4) is 6.01 Å². The van der Waals surface area contributed by atoms with E-state index in [2.05, 4.69) is 19.7 Å². The van der Waals surface area contributed by atoms with E-state index in [1.54, 1.807) is 4.90 Å². The van der Waals surface area contributed by atoms with Crippen LogP contribution < -0.4 is 9.64 Å². The van der Waals surface area contributed by atoms with Crippen LogP contribution in [0.3, 0.4) is 0 Å². The van der Waals surface area contributed by atoms with Crippen molar-refractivity contribution in [3.05, 3.63) is 5.28 Å². The lowest BCUT2D eigenvalue weighted by molar-refractivity contribution is -0.154. The molecule has 1 saturated heterocycles. The fourth-order valence-electron chi connectivity index (χ4n) is 1.69. The average molecular weight is 313 g/mol. The molecule has 1 aromatic heterocycles. The molecule has 6 nitrogen and oxygen atoms in total. The highest BCUT2D eigenvalue weighted by Crippen LogP contribution is 2.21. The highest BCUT2D eigenvalue weighted by molar-refractivity contribution is 6.28. The molecule has 1 fully saturated rings. The van der Waals surface area contributed by atoms with E-state index < -0.39 is 18.8 Å². The van der Waals surface area contributed by atoms with Crippen LogP contribution in [0.2, 0.25) is 5.28 Å². The van der Waals surface area contributed by atoms with Gasteiger partial charge in [-0.1, -0.05) is 0 Å². The molecule has 10 heteroatoms. The van der Waals surface area contributed by atoms with Crippen molar-refractivity contribution >= 4 is 17.5 Å². The van der Waals surface area contributed by atoms with Gasteiger partial charge in [0.15, 0.2) is 6.61 Å². The third-order valence-electron chi connectivity index (χ3n) is 2.57. The predicted octanol–water partition coefficient (Wildman–Crippen LogP) is 1.69. The smallest absolute Gasteiger partial charge is 0.422 e. The molecule has 0 aromatic carbocycles. The zero-order valence-corrected chi connectivity index (χ0v) is 11.3. The summed E-state index contributed by atoms with van der Waals surface area (Å²) in [5.41, 5.74) is 0. The minimum Gasteiger partial charge on any atom is -0.454 e. The van der Waals surface area contributed by atoms with Gasteiger partial charge in [0.2, 0.25) is 11.2 Å². The van der Waals surface area contributed by atoms with Crippen LogP contribution in [0.15, 0.2) is 0 Å². The van der Waals surface area contributed by atoms with Gasteiger partial charge in [-0.2, -0.15) is 28.1 Å². The highest BCUT2D eigenvalue weighted by atomic mass is 35.5. The summed E-state index contributed by atoms with van der Waals surface area (Å²) in [4.78, 5) is 13.1. The van der Waals surface area contributed by atoms with Crippen LogP contribution in [0.4, 0.5) is 19.1 Å². The van der Waals surface area contributed by atoms with Crippen molar-refractivity contribution in [1.29, 1.82) is 0 Å². The third-order valence-corrected chi connectivity index (χ3v) is 2.73. The van der Waals surface area contributed by atoms with Crippen LogP contribution in [0, 0.1) is 0 Å². The fraction of sp³-hybridized carbons (Fsp3) is 0.700. The van der Waals surface area contributed by atoms with E-state index in [0.717, 1.165) is 0 Å². The number of aromatic nitrogens is 3. The first-order valence-electron chi connectivity index (χ1n) is 5.80. The summed E-state index contributed by atoms with van der Waals surface area (Å²) in [5, 5.41) is -0.217. The van der Waals surface area contributed by atoms with Gasteiger partial charge >= 0.3 is 12.2 Å². The van der Waals surface area contributed by atoms with E-state index in [0.29, 0.717) is 19.8 Å². The number of hydrogen-bond donors (Lipinski definition) is 0. The standard InChI is InChI=1S/C10H12ClF3N4O2/c1-6-4-19-3-2-18(6)8-15-7(11)16-9(17-8)20-5-10(12,13)14/h6H,2-5H2,1H3/t6-/m1/s1. The molecule has 0 N–H and O–H groups in total. The molecule has 1 aliphatic rings. The summed E-state index contributed by atoms with van der Waals surface area (Å²) in [5.74, 6) is 0.179. The highest BCUT2D eigenvalue weighted by Gasteiger charge is 2.29. The lowest BCUT2D eigenvalue weighted by atomic mass is 10.3. The number of hydrogen-bond acceptors (Lipinski definition) is 6. The number of nitrogens with zero attached hydrogens (tertiary/aromatic N) is 4. The normalized spacial score (nSPS) is 20.1. The van der Waals surface area contributed by atoms with Crippen molar-refractivity contribution in [2.45, 2.75) is 19.1 Å². The first kappa shape index (κ1) is 15.0. The number of rotatable bonds is 3. The molecule has 112 valence electrons. The van der Waals surface area contributed by atoms with Gasteiger partial charge in [-0.15, -0.1) is 0 Å². The van der Waals surface area contributed by atoms with Crippen molar-refractivity contribution in [3.63, 3.8) is 0 Å². The zero-order chi connectivity index (χ0) is 14.8. The van der Waals surface area contributed by atoms with Crippen molar-refractivity contribution in [2.75, 3.05) is 31.3 Å². The fourth-order valence-corrected chi connectivity index (χ4v) is 1.83. The Bertz CT molecular complexity index is 474. The number of morpholine rings is 1. The summed E-state index contributed by atoms with van der Waals surface area (Å²) in [7, 11) is 0.